The number of benzene rings is 1. The predicted molar refractivity (Wildman–Crippen MR) is 75.5 cm³/mol. The Morgan fingerprint density at radius 1 is 1.25 bits per heavy atom. The third-order valence-corrected chi connectivity index (χ3v) is 2.86. The van der Waals surface area contributed by atoms with Crippen LogP contribution in [0.15, 0.2) is 44.8 Å². The van der Waals surface area contributed by atoms with Crippen molar-refractivity contribution < 1.29 is 19.0 Å². The summed E-state index contributed by atoms with van der Waals surface area (Å²) in [7, 11) is 1.50. The highest BCUT2D eigenvalue weighted by molar-refractivity contribution is 5.85. The minimum absolute atomic E-state index is 0.0174. The van der Waals surface area contributed by atoms with Crippen LogP contribution in [0.4, 0.5) is 0 Å². The van der Waals surface area contributed by atoms with Crippen LogP contribution in [0.5, 0.6) is 11.5 Å². The zero-order valence-corrected chi connectivity index (χ0v) is 11.6. The second kappa shape index (κ2) is 5.69. The first-order valence-electron chi connectivity index (χ1n) is 6.12. The van der Waals surface area contributed by atoms with E-state index >= 15 is 0 Å². The molecule has 0 fully saturated rings. The van der Waals surface area contributed by atoms with E-state index in [1.165, 1.54) is 13.2 Å². The van der Waals surface area contributed by atoms with Crippen molar-refractivity contribution in [3.8, 4) is 11.5 Å². The predicted octanol–water partition coefficient (Wildman–Crippen LogP) is 3.03. The third-order valence-electron chi connectivity index (χ3n) is 2.86. The lowest BCUT2D eigenvalue weighted by Gasteiger charge is -2.12. The molecular formula is C15H16O5. The highest BCUT2D eigenvalue weighted by Crippen LogP contribution is 2.35. The Balaban J connectivity index is 2.51. The maximum absolute atomic E-state index is 11.4. The van der Waals surface area contributed by atoms with Gasteiger partial charge in [-0.3, -0.25) is 0 Å². The standard InChI is InChI=1S/C15H16O5/c1-9(2)11(16)8-19-15-12(18-3)6-4-10-5-7-13(17)20-14(10)15/h4-7,16H,8H2,1-3H3. The van der Waals surface area contributed by atoms with Gasteiger partial charge < -0.3 is 19.0 Å². The van der Waals surface area contributed by atoms with Crippen molar-refractivity contribution in [2.45, 2.75) is 13.8 Å². The van der Waals surface area contributed by atoms with Crippen LogP contribution in [-0.4, -0.2) is 18.8 Å². The molecule has 0 amide bonds. The minimum Gasteiger partial charge on any atom is -0.509 e. The van der Waals surface area contributed by atoms with Crippen LogP contribution >= 0.6 is 0 Å². The molecule has 0 spiro atoms. The molecule has 0 bridgehead atoms. The molecule has 2 aromatic rings. The topological polar surface area (TPSA) is 68.9 Å². The van der Waals surface area contributed by atoms with Gasteiger partial charge in [0.25, 0.3) is 0 Å². The molecule has 0 atom stereocenters. The lowest BCUT2D eigenvalue weighted by Crippen LogP contribution is -2.05. The Labute approximate surface area is 116 Å². The second-order valence-corrected chi connectivity index (χ2v) is 4.51. The number of methoxy groups -OCH3 is 1. The monoisotopic (exact) mass is 276 g/mol. The van der Waals surface area contributed by atoms with Crippen LogP contribution in [0.2, 0.25) is 0 Å². The van der Waals surface area contributed by atoms with Crippen LogP contribution in [0.25, 0.3) is 11.0 Å². The van der Waals surface area contributed by atoms with Crippen LogP contribution < -0.4 is 15.1 Å². The molecule has 0 unspecified atom stereocenters. The third kappa shape index (κ3) is 2.77. The van der Waals surface area contributed by atoms with Gasteiger partial charge in [0.05, 0.1) is 7.11 Å². The molecule has 1 heterocycles. The number of aliphatic hydroxyl groups is 1. The molecule has 5 nitrogen and oxygen atoms in total. The van der Waals surface area contributed by atoms with Gasteiger partial charge in [0.15, 0.2) is 11.3 Å². The Bertz CT molecular complexity index is 708. The molecule has 1 aromatic carbocycles. The van der Waals surface area contributed by atoms with Gasteiger partial charge in [-0.1, -0.05) is 0 Å². The maximum atomic E-state index is 11.4. The van der Waals surface area contributed by atoms with Crippen molar-refractivity contribution in [2.24, 2.45) is 0 Å². The molecule has 5 heteroatoms. The molecule has 0 radical (unpaired) electrons. The maximum Gasteiger partial charge on any atom is 0.336 e. The summed E-state index contributed by atoms with van der Waals surface area (Å²) in [5.41, 5.74) is 0.589. The molecular weight excluding hydrogens is 260 g/mol. The number of hydrogen-bond donors (Lipinski definition) is 1. The first-order valence-corrected chi connectivity index (χ1v) is 6.12. The van der Waals surface area contributed by atoms with E-state index in [-0.39, 0.29) is 12.4 Å². The molecule has 106 valence electrons. The summed E-state index contributed by atoms with van der Waals surface area (Å²) in [5, 5.41) is 10.4. The van der Waals surface area contributed by atoms with Crippen molar-refractivity contribution in [3.05, 3.63) is 46.0 Å². The van der Waals surface area contributed by atoms with Gasteiger partial charge >= 0.3 is 5.63 Å². The van der Waals surface area contributed by atoms with E-state index in [1.54, 1.807) is 32.0 Å². The average Bonchev–Trinajstić information content (AvgIpc) is 2.43. The summed E-state index contributed by atoms with van der Waals surface area (Å²) in [5.74, 6) is 0.867. The van der Waals surface area contributed by atoms with Gasteiger partial charge in [-0.25, -0.2) is 4.79 Å². The van der Waals surface area contributed by atoms with Gasteiger partial charge in [0.2, 0.25) is 5.75 Å². The normalized spacial score (nSPS) is 10.3. The van der Waals surface area contributed by atoms with Gasteiger partial charge in [0.1, 0.15) is 12.4 Å². The zero-order valence-electron chi connectivity index (χ0n) is 11.6. The fourth-order valence-corrected chi connectivity index (χ4v) is 1.67. The Morgan fingerprint density at radius 3 is 2.60 bits per heavy atom. The highest BCUT2D eigenvalue weighted by atomic mass is 16.5. The number of rotatable bonds is 4. The summed E-state index contributed by atoms with van der Waals surface area (Å²) >= 11 is 0. The van der Waals surface area contributed by atoms with Crippen molar-refractivity contribution in [1.29, 1.82) is 0 Å². The number of aliphatic hydroxyl groups excluding tert-OH is 1. The fourth-order valence-electron chi connectivity index (χ4n) is 1.67. The smallest absolute Gasteiger partial charge is 0.336 e. The van der Waals surface area contributed by atoms with Gasteiger partial charge in [0, 0.05) is 11.5 Å². The minimum atomic E-state index is -0.470. The fraction of sp³-hybridized carbons (Fsp3) is 0.267. The van der Waals surface area contributed by atoms with E-state index in [2.05, 4.69) is 0 Å². The van der Waals surface area contributed by atoms with Crippen LogP contribution in [-0.2, 0) is 0 Å². The Morgan fingerprint density at radius 2 is 1.95 bits per heavy atom. The average molecular weight is 276 g/mol. The summed E-state index contributed by atoms with van der Waals surface area (Å²) < 4.78 is 15.9. The van der Waals surface area contributed by atoms with E-state index in [0.29, 0.717) is 17.1 Å². The van der Waals surface area contributed by atoms with Crippen LogP contribution in [0.1, 0.15) is 13.8 Å². The number of fused-ring (bicyclic) bond motifs is 1. The van der Waals surface area contributed by atoms with Crippen LogP contribution in [0.3, 0.4) is 0 Å². The molecule has 0 aliphatic rings. The van der Waals surface area contributed by atoms with Crippen molar-refractivity contribution in [3.63, 3.8) is 0 Å². The molecule has 0 aliphatic heterocycles. The molecule has 0 aliphatic carbocycles. The first-order chi connectivity index (χ1) is 9.52. The quantitative estimate of drug-likeness (QED) is 0.686. The second-order valence-electron chi connectivity index (χ2n) is 4.51. The first kappa shape index (κ1) is 14.0. The molecule has 1 aromatic heterocycles. The van der Waals surface area contributed by atoms with E-state index in [9.17, 15) is 9.90 Å². The molecule has 20 heavy (non-hydrogen) atoms. The lowest BCUT2D eigenvalue weighted by molar-refractivity contribution is 0.256. The number of allylic oxidation sites excluding steroid dienone is 1. The molecule has 0 saturated heterocycles. The van der Waals surface area contributed by atoms with Gasteiger partial charge in [-0.2, -0.15) is 0 Å². The van der Waals surface area contributed by atoms with E-state index in [1.807, 2.05) is 0 Å². The van der Waals surface area contributed by atoms with Gasteiger partial charge in [-0.05, 0) is 37.6 Å². The summed E-state index contributed by atoms with van der Waals surface area (Å²) in [6, 6.07) is 6.47. The molecule has 0 saturated carbocycles. The van der Waals surface area contributed by atoms with Crippen molar-refractivity contribution in [2.75, 3.05) is 13.7 Å². The summed E-state index contributed by atoms with van der Waals surface area (Å²) in [6.45, 7) is 3.54. The highest BCUT2D eigenvalue weighted by Gasteiger charge is 2.13. The van der Waals surface area contributed by atoms with E-state index < -0.39 is 5.63 Å². The number of hydrogen-bond acceptors (Lipinski definition) is 5. The van der Waals surface area contributed by atoms with E-state index in [4.69, 9.17) is 13.9 Å². The zero-order chi connectivity index (χ0) is 14.7. The lowest BCUT2D eigenvalue weighted by atomic mass is 10.2. The SMILES string of the molecule is COc1ccc2ccc(=O)oc2c1OCC(O)=C(C)C. The molecule has 1 N–H and O–H groups in total. The Hall–Kier alpha value is -2.43. The summed E-state index contributed by atoms with van der Waals surface area (Å²) in [4.78, 5) is 11.4. The summed E-state index contributed by atoms with van der Waals surface area (Å²) in [6.07, 6.45) is 0. The van der Waals surface area contributed by atoms with Crippen LogP contribution in [0, 0.1) is 0 Å². The Kier molecular flexibility index (Phi) is 3.98. The van der Waals surface area contributed by atoms with Crippen molar-refractivity contribution in [1.82, 2.24) is 0 Å². The number of ether oxygens (including phenoxy) is 2. The largest absolute Gasteiger partial charge is 0.509 e. The van der Waals surface area contributed by atoms with Crippen molar-refractivity contribution >= 4 is 11.0 Å². The molecule has 2 rings (SSSR count). The van der Waals surface area contributed by atoms with Gasteiger partial charge in [-0.15, -0.1) is 0 Å². The van der Waals surface area contributed by atoms with E-state index in [0.717, 1.165) is 11.0 Å².